The summed E-state index contributed by atoms with van der Waals surface area (Å²) < 4.78 is 5.69. The highest BCUT2D eigenvalue weighted by Gasteiger charge is 2.30. The number of carbonyl (C=O) groups excluding carboxylic acids is 2. The van der Waals surface area contributed by atoms with Gasteiger partial charge in [-0.15, -0.1) is 0 Å². The molecule has 0 N–H and O–H groups in total. The van der Waals surface area contributed by atoms with Crippen LogP contribution in [0.2, 0.25) is 0 Å². The molecule has 24 heavy (non-hydrogen) atoms. The van der Waals surface area contributed by atoms with Gasteiger partial charge in [-0.25, -0.2) is 4.79 Å². The SMILES string of the molecule is CC1=CC(=O)[C@@H]([C@H](/C=C/CC(C)C)OC(=O)c2ccccc2)CC1. The van der Waals surface area contributed by atoms with E-state index in [9.17, 15) is 9.59 Å². The van der Waals surface area contributed by atoms with E-state index >= 15 is 0 Å². The molecular formula is C21H26O3. The summed E-state index contributed by atoms with van der Waals surface area (Å²) >= 11 is 0. The van der Waals surface area contributed by atoms with Crippen molar-refractivity contribution in [3.63, 3.8) is 0 Å². The normalized spacial score (nSPS) is 19.4. The van der Waals surface area contributed by atoms with Crippen molar-refractivity contribution in [2.24, 2.45) is 11.8 Å². The maximum Gasteiger partial charge on any atom is 0.338 e. The van der Waals surface area contributed by atoms with Crippen LogP contribution in [0.3, 0.4) is 0 Å². The van der Waals surface area contributed by atoms with Gasteiger partial charge < -0.3 is 4.74 Å². The molecule has 1 aliphatic carbocycles. The van der Waals surface area contributed by atoms with Crippen LogP contribution in [0, 0.1) is 11.8 Å². The first-order chi connectivity index (χ1) is 11.5. The Morgan fingerprint density at radius 2 is 2.00 bits per heavy atom. The summed E-state index contributed by atoms with van der Waals surface area (Å²) in [5.74, 6) is -0.0895. The molecule has 0 bridgehead atoms. The lowest BCUT2D eigenvalue weighted by Gasteiger charge is -2.26. The Morgan fingerprint density at radius 3 is 2.62 bits per heavy atom. The monoisotopic (exact) mass is 326 g/mol. The van der Waals surface area contributed by atoms with Crippen LogP contribution < -0.4 is 0 Å². The fourth-order valence-corrected chi connectivity index (χ4v) is 2.78. The van der Waals surface area contributed by atoms with Crippen molar-refractivity contribution >= 4 is 11.8 Å². The number of carbonyl (C=O) groups is 2. The zero-order valence-electron chi connectivity index (χ0n) is 14.7. The highest BCUT2D eigenvalue weighted by molar-refractivity contribution is 5.94. The largest absolute Gasteiger partial charge is 0.454 e. The molecule has 3 heteroatoms. The van der Waals surface area contributed by atoms with Crippen molar-refractivity contribution in [2.45, 2.75) is 46.1 Å². The maximum atomic E-state index is 12.4. The number of hydrogen-bond acceptors (Lipinski definition) is 3. The van der Waals surface area contributed by atoms with E-state index in [2.05, 4.69) is 13.8 Å². The van der Waals surface area contributed by atoms with E-state index in [4.69, 9.17) is 4.74 Å². The van der Waals surface area contributed by atoms with Gasteiger partial charge in [-0.3, -0.25) is 4.79 Å². The van der Waals surface area contributed by atoms with E-state index in [0.29, 0.717) is 11.5 Å². The van der Waals surface area contributed by atoms with Crippen LogP contribution in [0.25, 0.3) is 0 Å². The van der Waals surface area contributed by atoms with Crippen molar-refractivity contribution in [2.75, 3.05) is 0 Å². The number of ether oxygens (including phenoxy) is 1. The molecule has 0 radical (unpaired) electrons. The molecule has 1 aromatic rings. The molecule has 0 saturated heterocycles. The molecule has 2 atom stereocenters. The van der Waals surface area contributed by atoms with Crippen molar-refractivity contribution in [1.82, 2.24) is 0 Å². The van der Waals surface area contributed by atoms with Crippen LogP contribution in [0.1, 0.15) is 50.4 Å². The lowest BCUT2D eigenvalue weighted by atomic mass is 9.84. The quantitative estimate of drug-likeness (QED) is 0.560. The Bertz CT molecular complexity index is 626. The summed E-state index contributed by atoms with van der Waals surface area (Å²) in [7, 11) is 0. The zero-order valence-corrected chi connectivity index (χ0v) is 14.7. The minimum Gasteiger partial charge on any atom is -0.454 e. The molecule has 3 nitrogen and oxygen atoms in total. The van der Waals surface area contributed by atoms with E-state index in [-0.39, 0.29) is 17.7 Å². The van der Waals surface area contributed by atoms with E-state index in [1.54, 1.807) is 30.3 Å². The third-order valence-corrected chi connectivity index (χ3v) is 4.19. The molecule has 1 aromatic carbocycles. The van der Waals surface area contributed by atoms with Gasteiger partial charge >= 0.3 is 5.97 Å². The van der Waals surface area contributed by atoms with Gasteiger partial charge in [0.15, 0.2) is 5.78 Å². The minimum atomic E-state index is -0.506. The molecule has 0 heterocycles. The summed E-state index contributed by atoms with van der Waals surface area (Å²) in [5, 5.41) is 0. The molecule has 128 valence electrons. The fourth-order valence-electron chi connectivity index (χ4n) is 2.78. The minimum absolute atomic E-state index is 0.0545. The van der Waals surface area contributed by atoms with E-state index in [1.807, 2.05) is 25.1 Å². The number of rotatable bonds is 6. The topological polar surface area (TPSA) is 43.4 Å². The maximum absolute atomic E-state index is 12.4. The van der Waals surface area contributed by atoms with Crippen molar-refractivity contribution in [3.05, 3.63) is 59.7 Å². The van der Waals surface area contributed by atoms with Gasteiger partial charge in [-0.1, -0.05) is 43.7 Å². The first-order valence-corrected chi connectivity index (χ1v) is 8.61. The highest BCUT2D eigenvalue weighted by atomic mass is 16.5. The van der Waals surface area contributed by atoms with Gasteiger partial charge in [0.05, 0.1) is 11.5 Å². The van der Waals surface area contributed by atoms with E-state index in [1.165, 1.54) is 0 Å². The Hall–Kier alpha value is -2.16. The van der Waals surface area contributed by atoms with Crippen molar-refractivity contribution in [1.29, 1.82) is 0 Å². The number of ketones is 1. The molecule has 0 aromatic heterocycles. The molecule has 0 unspecified atom stereocenters. The van der Waals surface area contributed by atoms with E-state index in [0.717, 1.165) is 24.8 Å². The van der Waals surface area contributed by atoms with Gasteiger partial charge in [-0.2, -0.15) is 0 Å². The average molecular weight is 326 g/mol. The fraction of sp³-hybridized carbons (Fsp3) is 0.429. The Kier molecular flexibility index (Phi) is 6.53. The summed E-state index contributed by atoms with van der Waals surface area (Å²) in [6, 6.07) is 8.92. The Labute approximate surface area is 144 Å². The number of benzene rings is 1. The van der Waals surface area contributed by atoms with Gasteiger partial charge in [0.25, 0.3) is 0 Å². The van der Waals surface area contributed by atoms with Crippen molar-refractivity contribution in [3.8, 4) is 0 Å². The number of allylic oxidation sites excluding steroid dienone is 3. The second-order valence-corrected chi connectivity index (χ2v) is 6.83. The van der Waals surface area contributed by atoms with Crippen LogP contribution in [0.5, 0.6) is 0 Å². The van der Waals surface area contributed by atoms with Crippen LogP contribution in [0.15, 0.2) is 54.1 Å². The molecular weight excluding hydrogens is 300 g/mol. The van der Waals surface area contributed by atoms with Gasteiger partial charge in [0.1, 0.15) is 6.10 Å². The van der Waals surface area contributed by atoms with Crippen LogP contribution in [-0.2, 0) is 9.53 Å². The Balaban J connectivity index is 2.15. The number of esters is 1. The smallest absolute Gasteiger partial charge is 0.338 e. The second-order valence-electron chi connectivity index (χ2n) is 6.83. The van der Waals surface area contributed by atoms with Crippen LogP contribution in [-0.4, -0.2) is 17.9 Å². The lowest BCUT2D eigenvalue weighted by Crippen LogP contribution is -2.32. The summed E-state index contributed by atoms with van der Waals surface area (Å²) in [5.41, 5.74) is 1.60. The Morgan fingerprint density at radius 1 is 1.29 bits per heavy atom. The van der Waals surface area contributed by atoms with Gasteiger partial charge in [0.2, 0.25) is 0 Å². The average Bonchev–Trinajstić information content (AvgIpc) is 2.54. The number of hydrogen-bond donors (Lipinski definition) is 0. The van der Waals surface area contributed by atoms with Crippen LogP contribution >= 0.6 is 0 Å². The predicted octanol–water partition coefficient (Wildman–Crippen LogP) is 4.74. The van der Waals surface area contributed by atoms with E-state index < -0.39 is 6.10 Å². The first kappa shape index (κ1) is 18.2. The molecule has 1 aliphatic rings. The lowest BCUT2D eigenvalue weighted by molar-refractivity contribution is -0.121. The standard InChI is InChI=1S/C21H26O3/c1-15(2)8-7-11-20(18-13-12-16(3)14-19(18)22)24-21(23)17-9-5-4-6-10-17/h4-7,9-11,14-15,18,20H,8,12-13H2,1-3H3/b11-7+/t18-,20-/m0/s1. The second kappa shape index (κ2) is 8.62. The molecule has 0 fully saturated rings. The summed E-state index contributed by atoms with van der Waals surface area (Å²) in [6.45, 7) is 6.23. The molecule has 0 saturated carbocycles. The third kappa shape index (κ3) is 5.19. The molecule has 2 rings (SSSR count). The third-order valence-electron chi connectivity index (χ3n) is 4.19. The highest BCUT2D eigenvalue weighted by Crippen LogP contribution is 2.26. The first-order valence-electron chi connectivity index (χ1n) is 8.61. The van der Waals surface area contributed by atoms with Gasteiger partial charge in [-0.05, 0) is 56.4 Å². The summed E-state index contributed by atoms with van der Waals surface area (Å²) in [6.07, 6.45) is 7.58. The summed E-state index contributed by atoms with van der Waals surface area (Å²) in [4.78, 5) is 24.7. The van der Waals surface area contributed by atoms with Crippen LogP contribution in [0.4, 0.5) is 0 Å². The molecule has 0 spiro atoms. The molecule has 0 aliphatic heterocycles. The van der Waals surface area contributed by atoms with Crippen molar-refractivity contribution < 1.29 is 14.3 Å². The zero-order chi connectivity index (χ0) is 17.5. The molecule has 0 amide bonds. The predicted molar refractivity (Wildman–Crippen MR) is 95.7 cm³/mol. The van der Waals surface area contributed by atoms with Gasteiger partial charge in [0, 0.05) is 0 Å².